The highest BCUT2D eigenvalue weighted by Gasteiger charge is 2.14. The average molecular weight is 464 g/mol. The second-order valence-electron chi connectivity index (χ2n) is 7.73. The third-order valence-electron chi connectivity index (χ3n) is 5.32. The Morgan fingerprint density at radius 1 is 0.971 bits per heavy atom. The number of methoxy groups -OCH3 is 1. The fraction of sp³-hybridized carbons (Fsp3) is 0.320. The average Bonchev–Trinajstić information content (AvgIpc) is 3.34. The number of aromatic nitrogens is 4. The van der Waals surface area contributed by atoms with Crippen molar-refractivity contribution in [3.63, 3.8) is 0 Å². The van der Waals surface area contributed by atoms with Gasteiger partial charge in [-0.25, -0.2) is 4.98 Å². The van der Waals surface area contributed by atoms with E-state index in [4.69, 9.17) is 24.7 Å². The minimum Gasteiger partial charge on any atom is -0.497 e. The third kappa shape index (κ3) is 5.27. The van der Waals surface area contributed by atoms with E-state index in [0.29, 0.717) is 18.0 Å². The first-order valence-electron chi connectivity index (χ1n) is 11.3. The summed E-state index contributed by atoms with van der Waals surface area (Å²) in [5.41, 5.74) is 5.02. The Morgan fingerprint density at radius 2 is 1.82 bits per heavy atom. The van der Waals surface area contributed by atoms with E-state index in [1.165, 1.54) is 0 Å². The standard InChI is InChI=1S/C25H29N5O4/c1-3-6-30(20-11-21(33-2)14-22(12-20)34-10-9-32)19-4-5-23-24(13-19)28-25(16-26-23)18-15-27-29(17-18)7-8-31/h4-5,11-17,31-32H,3,6-10H2,1-2H3. The van der Waals surface area contributed by atoms with Gasteiger partial charge in [0.2, 0.25) is 0 Å². The second kappa shape index (κ2) is 11.0. The number of hydrogen-bond donors (Lipinski definition) is 2. The molecule has 0 aliphatic heterocycles. The van der Waals surface area contributed by atoms with Crippen LogP contribution in [0.25, 0.3) is 22.3 Å². The molecule has 4 aromatic rings. The Morgan fingerprint density at radius 3 is 2.59 bits per heavy atom. The van der Waals surface area contributed by atoms with Crippen molar-refractivity contribution in [3.8, 4) is 22.8 Å². The number of hydrogen-bond acceptors (Lipinski definition) is 8. The van der Waals surface area contributed by atoms with Crippen molar-refractivity contribution in [3.05, 3.63) is 55.0 Å². The molecule has 4 rings (SSSR count). The molecule has 9 heteroatoms. The summed E-state index contributed by atoms with van der Waals surface area (Å²) in [6.07, 6.45) is 6.24. The highest BCUT2D eigenvalue weighted by molar-refractivity contribution is 5.82. The van der Waals surface area contributed by atoms with Gasteiger partial charge in [0.25, 0.3) is 0 Å². The van der Waals surface area contributed by atoms with Gasteiger partial charge in [0.15, 0.2) is 0 Å². The molecule has 0 radical (unpaired) electrons. The molecule has 0 unspecified atom stereocenters. The highest BCUT2D eigenvalue weighted by Crippen LogP contribution is 2.34. The number of benzene rings is 2. The SMILES string of the molecule is CCCN(c1cc(OC)cc(OCCO)c1)c1ccc2ncc(-c3cnn(CCO)c3)nc2c1. The molecule has 0 bridgehead atoms. The predicted octanol–water partition coefficient (Wildman–Crippen LogP) is 3.41. The van der Waals surface area contributed by atoms with Gasteiger partial charge < -0.3 is 24.6 Å². The van der Waals surface area contributed by atoms with Gasteiger partial charge >= 0.3 is 0 Å². The van der Waals surface area contributed by atoms with Gasteiger partial charge in [0.1, 0.15) is 18.1 Å². The van der Waals surface area contributed by atoms with Crippen LogP contribution in [0, 0.1) is 0 Å². The van der Waals surface area contributed by atoms with Crippen molar-refractivity contribution in [2.24, 2.45) is 0 Å². The lowest BCUT2D eigenvalue weighted by atomic mass is 10.2. The van der Waals surface area contributed by atoms with Crippen LogP contribution < -0.4 is 14.4 Å². The number of fused-ring (bicyclic) bond motifs is 1. The van der Waals surface area contributed by atoms with Crippen molar-refractivity contribution < 1.29 is 19.7 Å². The van der Waals surface area contributed by atoms with Crippen LogP contribution in [-0.4, -0.2) is 63.4 Å². The summed E-state index contributed by atoms with van der Waals surface area (Å²) in [6, 6.07) is 11.7. The molecule has 2 aromatic carbocycles. The molecule has 0 fully saturated rings. The maximum atomic E-state index is 9.13. The van der Waals surface area contributed by atoms with E-state index in [1.54, 1.807) is 30.3 Å². The molecule has 0 aliphatic rings. The largest absolute Gasteiger partial charge is 0.497 e. The van der Waals surface area contributed by atoms with Gasteiger partial charge in [-0.3, -0.25) is 9.67 Å². The number of ether oxygens (including phenoxy) is 2. The first-order valence-corrected chi connectivity index (χ1v) is 11.3. The van der Waals surface area contributed by atoms with Crippen molar-refractivity contribution in [1.29, 1.82) is 0 Å². The quantitative estimate of drug-likeness (QED) is 0.349. The zero-order chi connectivity index (χ0) is 23.9. The highest BCUT2D eigenvalue weighted by atomic mass is 16.5. The smallest absolute Gasteiger partial charge is 0.125 e. The second-order valence-corrected chi connectivity index (χ2v) is 7.73. The van der Waals surface area contributed by atoms with Gasteiger partial charge in [-0.05, 0) is 24.6 Å². The molecule has 34 heavy (non-hydrogen) atoms. The first-order chi connectivity index (χ1) is 16.6. The summed E-state index contributed by atoms with van der Waals surface area (Å²) >= 11 is 0. The maximum Gasteiger partial charge on any atom is 0.125 e. The molecule has 0 saturated heterocycles. The van der Waals surface area contributed by atoms with Gasteiger partial charge in [0.05, 0.1) is 56.0 Å². The Balaban J connectivity index is 1.72. The molecular weight excluding hydrogens is 434 g/mol. The van der Waals surface area contributed by atoms with Crippen LogP contribution in [0.2, 0.25) is 0 Å². The van der Waals surface area contributed by atoms with Crippen molar-refractivity contribution in [1.82, 2.24) is 19.7 Å². The zero-order valence-electron chi connectivity index (χ0n) is 19.4. The molecule has 0 saturated carbocycles. The maximum absolute atomic E-state index is 9.13. The third-order valence-corrected chi connectivity index (χ3v) is 5.32. The molecule has 2 N–H and O–H groups in total. The summed E-state index contributed by atoms with van der Waals surface area (Å²) in [5.74, 6) is 1.31. The van der Waals surface area contributed by atoms with E-state index in [0.717, 1.165) is 46.6 Å². The van der Waals surface area contributed by atoms with Crippen LogP contribution in [0.1, 0.15) is 13.3 Å². The molecule has 0 atom stereocenters. The molecule has 178 valence electrons. The molecular formula is C25H29N5O4. The Bertz CT molecular complexity index is 1240. The Kier molecular flexibility index (Phi) is 7.56. The van der Waals surface area contributed by atoms with E-state index in [2.05, 4.69) is 21.9 Å². The van der Waals surface area contributed by atoms with Crippen LogP contribution in [0.4, 0.5) is 11.4 Å². The van der Waals surface area contributed by atoms with Crippen LogP contribution in [0.15, 0.2) is 55.0 Å². The summed E-state index contributed by atoms with van der Waals surface area (Å²) in [4.78, 5) is 11.6. The fourth-order valence-corrected chi connectivity index (χ4v) is 3.74. The van der Waals surface area contributed by atoms with Gasteiger partial charge in [-0.1, -0.05) is 6.92 Å². The minimum absolute atomic E-state index is 0.0260. The number of aliphatic hydroxyl groups is 2. The van der Waals surface area contributed by atoms with Gasteiger partial charge in [-0.2, -0.15) is 5.10 Å². The van der Waals surface area contributed by atoms with E-state index in [9.17, 15) is 0 Å². The van der Waals surface area contributed by atoms with Crippen molar-refractivity contribution in [2.75, 3.05) is 38.4 Å². The topological polar surface area (TPSA) is 106 Å². The molecule has 2 heterocycles. The van der Waals surface area contributed by atoms with Gasteiger partial charge in [-0.15, -0.1) is 0 Å². The fourth-order valence-electron chi connectivity index (χ4n) is 3.74. The number of rotatable bonds is 11. The molecule has 2 aromatic heterocycles. The molecule has 0 aliphatic carbocycles. The summed E-state index contributed by atoms with van der Waals surface area (Å²) in [6.45, 7) is 3.51. The monoisotopic (exact) mass is 463 g/mol. The Labute approximate surface area is 198 Å². The summed E-state index contributed by atoms with van der Waals surface area (Å²) in [7, 11) is 1.62. The lowest BCUT2D eigenvalue weighted by molar-refractivity contribution is 0.201. The zero-order valence-corrected chi connectivity index (χ0v) is 19.4. The van der Waals surface area contributed by atoms with E-state index in [1.807, 2.05) is 36.5 Å². The lowest BCUT2D eigenvalue weighted by Crippen LogP contribution is -2.18. The number of aliphatic hydroxyl groups excluding tert-OH is 2. The number of nitrogens with zero attached hydrogens (tertiary/aromatic N) is 5. The van der Waals surface area contributed by atoms with Gasteiger partial charge in [0, 0.05) is 47.9 Å². The Hall–Kier alpha value is -3.69. The molecule has 0 spiro atoms. The van der Waals surface area contributed by atoms with E-state index in [-0.39, 0.29) is 19.8 Å². The first kappa shape index (κ1) is 23.5. The van der Waals surface area contributed by atoms with Crippen molar-refractivity contribution in [2.45, 2.75) is 19.9 Å². The van der Waals surface area contributed by atoms with Crippen LogP contribution in [-0.2, 0) is 6.54 Å². The van der Waals surface area contributed by atoms with Crippen molar-refractivity contribution >= 4 is 22.4 Å². The van der Waals surface area contributed by atoms with E-state index >= 15 is 0 Å². The lowest BCUT2D eigenvalue weighted by Gasteiger charge is -2.26. The molecule has 9 nitrogen and oxygen atoms in total. The van der Waals surface area contributed by atoms with Crippen LogP contribution in [0.5, 0.6) is 11.5 Å². The minimum atomic E-state index is -0.0597. The number of anilines is 2. The summed E-state index contributed by atoms with van der Waals surface area (Å²) < 4.78 is 12.8. The van der Waals surface area contributed by atoms with Crippen LogP contribution in [0.3, 0.4) is 0 Å². The molecule has 0 amide bonds. The van der Waals surface area contributed by atoms with Crippen LogP contribution >= 0.6 is 0 Å². The summed E-state index contributed by atoms with van der Waals surface area (Å²) in [5, 5.41) is 22.5. The van der Waals surface area contributed by atoms with E-state index < -0.39 is 0 Å². The normalized spacial score (nSPS) is 11.1. The predicted molar refractivity (Wildman–Crippen MR) is 131 cm³/mol.